The van der Waals surface area contributed by atoms with Crippen LogP contribution in [0.25, 0.3) is 0 Å². The maximum absolute atomic E-state index is 5.61. The molecule has 0 fully saturated rings. The highest BCUT2D eigenvalue weighted by molar-refractivity contribution is 9.11. The molecule has 0 atom stereocenters. The summed E-state index contributed by atoms with van der Waals surface area (Å²) in [6.07, 6.45) is 0. The second-order valence-corrected chi connectivity index (χ2v) is 5.83. The van der Waals surface area contributed by atoms with Crippen molar-refractivity contribution in [3.63, 3.8) is 0 Å². The summed E-state index contributed by atoms with van der Waals surface area (Å²) >= 11 is 6.81. The standard InChI is InChI=1S/C12H12Br2N2O2/c1-7(2)12-15-11(18-16-12)6-17-10-4-3-8(13)5-9(10)14/h3-5,7H,6H2,1-2H3. The third-order valence-electron chi connectivity index (χ3n) is 2.25. The molecule has 0 saturated heterocycles. The molecule has 6 heteroatoms. The van der Waals surface area contributed by atoms with Crippen molar-refractivity contribution in [2.75, 3.05) is 0 Å². The summed E-state index contributed by atoms with van der Waals surface area (Å²) in [6.45, 7) is 4.29. The number of halogens is 2. The molecule has 0 aliphatic carbocycles. The van der Waals surface area contributed by atoms with Crippen LogP contribution in [0.1, 0.15) is 31.5 Å². The summed E-state index contributed by atoms with van der Waals surface area (Å²) in [7, 11) is 0. The highest BCUT2D eigenvalue weighted by Crippen LogP contribution is 2.28. The Morgan fingerprint density at radius 3 is 2.72 bits per heavy atom. The highest BCUT2D eigenvalue weighted by Gasteiger charge is 2.10. The molecule has 4 nitrogen and oxygen atoms in total. The Bertz CT molecular complexity index is 541. The van der Waals surface area contributed by atoms with Crippen molar-refractivity contribution in [1.29, 1.82) is 0 Å². The van der Waals surface area contributed by atoms with E-state index in [2.05, 4.69) is 42.0 Å². The van der Waals surface area contributed by atoms with Crippen LogP contribution in [-0.4, -0.2) is 10.1 Å². The molecule has 0 radical (unpaired) electrons. The van der Waals surface area contributed by atoms with Gasteiger partial charge < -0.3 is 9.26 Å². The second-order valence-electron chi connectivity index (χ2n) is 4.06. The molecule has 18 heavy (non-hydrogen) atoms. The van der Waals surface area contributed by atoms with Crippen LogP contribution >= 0.6 is 31.9 Å². The Morgan fingerprint density at radius 1 is 1.33 bits per heavy atom. The SMILES string of the molecule is CC(C)c1noc(COc2ccc(Br)cc2Br)n1. The molecule has 1 aromatic carbocycles. The van der Waals surface area contributed by atoms with Crippen molar-refractivity contribution >= 4 is 31.9 Å². The zero-order valence-corrected chi connectivity index (χ0v) is 13.2. The first-order valence-electron chi connectivity index (χ1n) is 5.46. The number of hydrogen-bond acceptors (Lipinski definition) is 4. The van der Waals surface area contributed by atoms with Crippen molar-refractivity contribution in [3.8, 4) is 5.75 Å². The van der Waals surface area contributed by atoms with Crippen molar-refractivity contribution in [3.05, 3.63) is 38.9 Å². The fourth-order valence-corrected chi connectivity index (χ4v) is 2.45. The van der Waals surface area contributed by atoms with Gasteiger partial charge in [0.15, 0.2) is 12.4 Å². The molecule has 1 heterocycles. The lowest BCUT2D eigenvalue weighted by Gasteiger charge is -2.05. The van der Waals surface area contributed by atoms with Crippen LogP contribution in [0.4, 0.5) is 0 Å². The molecule has 0 unspecified atom stereocenters. The molecule has 0 aliphatic rings. The molecule has 0 aliphatic heterocycles. The lowest BCUT2D eigenvalue weighted by atomic mass is 10.2. The van der Waals surface area contributed by atoms with Crippen LogP contribution in [0.5, 0.6) is 5.75 Å². The van der Waals surface area contributed by atoms with Gasteiger partial charge in [0.2, 0.25) is 0 Å². The van der Waals surface area contributed by atoms with Gasteiger partial charge in [0, 0.05) is 10.4 Å². The molecule has 0 amide bonds. The van der Waals surface area contributed by atoms with Crippen LogP contribution < -0.4 is 4.74 Å². The fourth-order valence-electron chi connectivity index (χ4n) is 1.29. The summed E-state index contributed by atoms with van der Waals surface area (Å²) in [4.78, 5) is 4.24. The van der Waals surface area contributed by atoms with Crippen molar-refractivity contribution in [1.82, 2.24) is 10.1 Å². The summed E-state index contributed by atoms with van der Waals surface area (Å²) in [6, 6.07) is 5.70. The predicted molar refractivity (Wildman–Crippen MR) is 74.6 cm³/mol. The largest absolute Gasteiger partial charge is 0.483 e. The number of hydrogen-bond donors (Lipinski definition) is 0. The number of benzene rings is 1. The first-order valence-corrected chi connectivity index (χ1v) is 7.05. The van der Waals surface area contributed by atoms with E-state index in [1.807, 2.05) is 32.0 Å². The summed E-state index contributed by atoms with van der Waals surface area (Å²) in [5.74, 6) is 2.17. The van der Waals surface area contributed by atoms with Gasteiger partial charge in [-0.25, -0.2) is 0 Å². The Kier molecular flexibility index (Phi) is 4.40. The Hall–Kier alpha value is -0.880. The first-order chi connectivity index (χ1) is 8.56. The van der Waals surface area contributed by atoms with Crippen molar-refractivity contribution < 1.29 is 9.26 Å². The molecular weight excluding hydrogens is 364 g/mol. The normalized spacial score (nSPS) is 10.9. The zero-order chi connectivity index (χ0) is 13.1. The lowest BCUT2D eigenvalue weighted by molar-refractivity contribution is 0.241. The van der Waals surface area contributed by atoms with E-state index < -0.39 is 0 Å². The molecular formula is C12H12Br2N2O2. The highest BCUT2D eigenvalue weighted by atomic mass is 79.9. The minimum absolute atomic E-state index is 0.252. The van der Waals surface area contributed by atoms with Gasteiger partial charge >= 0.3 is 0 Å². The second kappa shape index (κ2) is 5.84. The fraction of sp³-hybridized carbons (Fsp3) is 0.333. The van der Waals surface area contributed by atoms with Gasteiger partial charge in [-0.05, 0) is 34.1 Å². The van der Waals surface area contributed by atoms with Crippen molar-refractivity contribution in [2.24, 2.45) is 0 Å². The van der Waals surface area contributed by atoms with Crippen LogP contribution in [0.15, 0.2) is 31.7 Å². The third-order valence-corrected chi connectivity index (χ3v) is 3.36. The monoisotopic (exact) mass is 374 g/mol. The van der Waals surface area contributed by atoms with E-state index in [1.54, 1.807) is 0 Å². The van der Waals surface area contributed by atoms with Crippen LogP contribution in [0.3, 0.4) is 0 Å². The Balaban J connectivity index is 2.02. The number of aromatic nitrogens is 2. The van der Waals surface area contributed by atoms with E-state index in [0.29, 0.717) is 11.7 Å². The molecule has 1 aromatic heterocycles. The van der Waals surface area contributed by atoms with E-state index in [1.165, 1.54) is 0 Å². The van der Waals surface area contributed by atoms with E-state index in [9.17, 15) is 0 Å². The quantitative estimate of drug-likeness (QED) is 0.799. The molecule has 96 valence electrons. The van der Waals surface area contributed by atoms with E-state index in [0.717, 1.165) is 14.7 Å². The smallest absolute Gasteiger partial charge is 0.264 e. The molecule has 2 aromatic rings. The van der Waals surface area contributed by atoms with Crippen LogP contribution in [0.2, 0.25) is 0 Å². The minimum atomic E-state index is 0.252. The van der Waals surface area contributed by atoms with Crippen molar-refractivity contribution in [2.45, 2.75) is 26.4 Å². The van der Waals surface area contributed by atoms with Gasteiger partial charge in [-0.2, -0.15) is 4.98 Å². The number of nitrogens with zero attached hydrogens (tertiary/aromatic N) is 2. The predicted octanol–water partition coefficient (Wildman–Crippen LogP) is 4.30. The average Bonchev–Trinajstić information content (AvgIpc) is 2.76. The Labute approximate surface area is 122 Å². The number of rotatable bonds is 4. The van der Waals surface area contributed by atoms with E-state index in [-0.39, 0.29) is 12.5 Å². The maximum Gasteiger partial charge on any atom is 0.264 e. The molecule has 0 saturated carbocycles. The van der Waals surface area contributed by atoms with Crippen LogP contribution in [0, 0.1) is 0 Å². The van der Waals surface area contributed by atoms with E-state index >= 15 is 0 Å². The topological polar surface area (TPSA) is 48.2 Å². The summed E-state index contributed by atoms with van der Waals surface area (Å²) in [5, 5.41) is 3.88. The van der Waals surface area contributed by atoms with Gasteiger partial charge in [0.05, 0.1) is 4.47 Å². The van der Waals surface area contributed by atoms with Gasteiger partial charge in [-0.15, -0.1) is 0 Å². The van der Waals surface area contributed by atoms with Gasteiger partial charge in [-0.1, -0.05) is 34.9 Å². The molecule has 0 bridgehead atoms. The maximum atomic E-state index is 5.61. The Morgan fingerprint density at radius 2 is 2.11 bits per heavy atom. The minimum Gasteiger partial charge on any atom is -0.483 e. The average molecular weight is 376 g/mol. The number of ether oxygens (including phenoxy) is 1. The van der Waals surface area contributed by atoms with Gasteiger partial charge in [0.1, 0.15) is 5.75 Å². The lowest BCUT2D eigenvalue weighted by Crippen LogP contribution is -1.97. The zero-order valence-electron chi connectivity index (χ0n) is 9.98. The first kappa shape index (κ1) is 13.5. The molecule has 0 N–H and O–H groups in total. The third kappa shape index (κ3) is 3.32. The van der Waals surface area contributed by atoms with E-state index in [4.69, 9.17) is 9.26 Å². The van der Waals surface area contributed by atoms with Gasteiger partial charge in [0.25, 0.3) is 5.89 Å². The summed E-state index contributed by atoms with van der Waals surface area (Å²) in [5.41, 5.74) is 0. The summed E-state index contributed by atoms with van der Waals surface area (Å²) < 4.78 is 12.6. The van der Waals surface area contributed by atoms with Gasteiger partial charge in [-0.3, -0.25) is 0 Å². The molecule has 0 spiro atoms. The molecule has 2 rings (SSSR count). The van der Waals surface area contributed by atoms with Crippen LogP contribution in [-0.2, 0) is 6.61 Å².